The Labute approximate surface area is 93.4 Å². The van der Waals surface area contributed by atoms with Gasteiger partial charge in [-0.2, -0.15) is 0 Å². The number of aryl methyl sites for hydroxylation is 2. The van der Waals surface area contributed by atoms with Gasteiger partial charge >= 0.3 is 0 Å². The summed E-state index contributed by atoms with van der Waals surface area (Å²) in [5.41, 5.74) is 1.53. The van der Waals surface area contributed by atoms with E-state index in [-0.39, 0.29) is 13.2 Å². The molecule has 0 bridgehead atoms. The van der Waals surface area contributed by atoms with Crippen LogP contribution in [0.4, 0.5) is 0 Å². The van der Waals surface area contributed by atoms with Crippen molar-refractivity contribution in [2.24, 2.45) is 0 Å². The van der Waals surface area contributed by atoms with Gasteiger partial charge in [0.15, 0.2) is 0 Å². The molecule has 88 valence electrons. The van der Waals surface area contributed by atoms with Gasteiger partial charge in [-0.25, -0.2) is 9.97 Å². The molecule has 2 aromatic rings. The molecule has 16 heavy (non-hydrogen) atoms. The number of imidazole rings is 2. The lowest BCUT2D eigenvalue weighted by molar-refractivity contribution is 0.277. The van der Waals surface area contributed by atoms with E-state index in [9.17, 15) is 0 Å². The molecule has 0 radical (unpaired) electrons. The second kappa shape index (κ2) is 6.04. The first kappa shape index (κ1) is 12.4. The van der Waals surface area contributed by atoms with E-state index in [1.54, 1.807) is 12.4 Å². The van der Waals surface area contributed by atoms with Crippen LogP contribution in [0.1, 0.15) is 23.0 Å². The predicted molar refractivity (Wildman–Crippen MR) is 58.5 cm³/mol. The van der Waals surface area contributed by atoms with Crippen LogP contribution in [-0.2, 0) is 13.2 Å². The van der Waals surface area contributed by atoms with Crippen LogP contribution in [0.15, 0.2) is 12.4 Å². The molecule has 0 saturated carbocycles. The number of hydrogen-bond acceptors (Lipinski definition) is 4. The molecule has 0 saturated heterocycles. The topological polar surface area (TPSA) is 97.8 Å². The van der Waals surface area contributed by atoms with Crippen molar-refractivity contribution in [3.05, 3.63) is 35.4 Å². The van der Waals surface area contributed by atoms with Gasteiger partial charge in [-0.3, -0.25) is 0 Å². The summed E-state index contributed by atoms with van der Waals surface area (Å²) in [7, 11) is 0. The molecule has 0 aliphatic carbocycles. The van der Waals surface area contributed by atoms with E-state index < -0.39 is 0 Å². The standard InChI is InChI=1S/2C5H8N2O/c2*1-4-6-2-5(3-8)7-4/h2*2,8H,3H2,1H3,(H,6,7). The van der Waals surface area contributed by atoms with Crippen molar-refractivity contribution in [2.45, 2.75) is 27.1 Å². The fraction of sp³-hybridized carbons (Fsp3) is 0.400. The van der Waals surface area contributed by atoms with Gasteiger partial charge in [0.1, 0.15) is 11.6 Å². The Morgan fingerprint density at radius 2 is 1.31 bits per heavy atom. The largest absolute Gasteiger partial charge is 0.390 e. The number of aliphatic hydroxyl groups is 2. The molecule has 0 atom stereocenters. The van der Waals surface area contributed by atoms with Crippen LogP contribution in [0, 0.1) is 13.8 Å². The highest BCUT2D eigenvalue weighted by molar-refractivity contribution is 4.97. The number of H-pyrrole nitrogens is 2. The molecule has 2 aromatic heterocycles. The van der Waals surface area contributed by atoms with Crippen molar-refractivity contribution in [1.82, 2.24) is 19.9 Å². The Balaban J connectivity index is 0.000000160. The molecule has 0 unspecified atom stereocenters. The molecule has 6 nitrogen and oxygen atoms in total. The minimum absolute atomic E-state index is 0.0425. The highest BCUT2D eigenvalue weighted by atomic mass is 16.3. The van der Waals surface area contributed by atoms with E-state index in [0.717, 1.165) is 23.0 Å². The van der Waals surface area contributed by atoms with Gasteiger partial charge < -0.3 is 20.2 Å². The van der Waals surface area contributed by atoms with E-state index in [2.05, 4.69) is 19.9 Å². The quantitative estimate of drug-likeness (QED) is 0.594. The number of hydrogen-bond donors (Lipinski definition) is 4. The minimum atomic E-state index is 0.0425. The third-order valence-electron chi connectivity index (χ3n) is 1.85. The van der Waals surface area contributed by atoms with Gasteiger partial charge in [-0.05, 0) is 13.8 Å². The Bertz CT molecular complexity index is 382. The molecule has 0 spiro atoms. The SMILES string of the molecule is Cc1ncc(CO)[nH]1.Cc1ncc(CO)[nH]1. The number of aromatic nitrogens is 4. The fourth-order valence-electron chi connectivity index (χ4n) is 1.10. The lowest BCUT2D eigenvalue weighted by Gasteiger charge is -1.81. The zero-order chi connectivity index (χ0) is 12.0. The van der Waals surface area contributed by atoms with Crippen LogP contribution in [0.25, 0.3) is 0 Å². The molecular weight excluding hydrogens is 208 g/mol. The second-order valence-corrected chi connectivity index (χ2v) is 3.30. The average molecular weight is 224 g/mol. The van der Waals surface area contributed by atoms with Gasteiger partial charge in [0.25, 0.3) is 0 Å². The molecule has 0 aliphatic rings. The number of rotatable bonds is 2. The van der Waals surface area contributed by atoms with E-state index in [1.165, 1.54) is 0 Å². The summed E-state index contributed by atoms with van der Waals surface area (Å²) in [6.45, 7) is 3.78. The van der Waals surface area contributed by atoms with Crippen LogP contribution < -0.4 is 0 Å². The molecular formula is C10H16N4O2. The first-order valence-electron chi connectivity index (χ1n) is 4.88. The maximum Gasteiger partial charge on any atom is 0.103 e. The molecule has 6 heteroatoms. The van der Waals surface area contributed by atoms with Crippen molar-refractivity contribution in [3.8, 4) is 0 Å². The third-order valence-corrected chi connectivity index (χ3v) is 1.85. The first-order valence-corrected chi connectivity index (χ1v) is 4.88. The van der Waals surface area contributed by atoms with E-state index >= 15 is 0 Å². The summed E-state index contributed by atoms with van der Waals surface area (Å²) < 4.78 is 0. The van der Waals surface area contributed by atoms with Gasteiger partial charge in [0.2, 0.25) is 0 Å². The van der Waals surface area contributed by atoms with Gasteiger partial charge in [0, 0.05) is 0 Å². The Morgan fingerprint density at radius 1 is 0.938 bits per heavy atom. The molecule has 0 fully saturated rings. The fourth-order valence-corrected chi connectivity index (χ4v) is 1.10. The summed E-state index contributed by atoms with van der Waals surface area (Å²) in [6, 6.07) is 0. The van der Waals surface area contributed by atoms with Crippen LogP contribution in [0.3, 0.4) is 0 Å². The van der Waals surface area contributed by atoms with Gasteiger partial charge in [-0.1, -0.05) is 0 Å². The molecule has 4 N–H and O–H groups in total. The summed E-state index contributed by atoms with van der Waals surface area (Å²) in [5.74, 6) is 1.68. The minimum Gasteiger partial charge on any atom is -0.390 e. The molecule has 0 amide bonds. The zero-order valence-corrected chi connectivity index (χ0v) is 9.36. The van der Waals surface area contributed by atoms with E-state index in [4.69, 9.17) is 10.2 Å². The Morgan fingerprint density at radius 3 is 1.44 bits per heavy atom. The van der Waals surface area contributed by atoms with Gasteiger partial charge in [0.05, 0.1) is 37.0 Å². The van der Waals surface area contributed by atoms with Crippen LogP contribution in [0.5, 0.6) is 0 Å². The molecule has 2 heterocycles. The lowest BCUT2D eigenvalue weighted by atomic mass is 10.5. The van der Waals surface area contributed by atoms with E-state index in [1.807, 2.05) is 13.8 Å². The van der Waals surface area contributed by atoms with E-state index in [0.29, 0.717) is 0 Å². The summed E-state index contributed by atoms with van der Waals surface area (Å²) in [5, 5.41) is 17.0. The van der Waals surface area contributed by atoms with Crippen LogP contribution in [0.2, 0.25) is 0 Å². The predicted octanol–water partition coefficient (Wildman–Crippen LogP) is 0.421. The second-order valence-electron chi connectivity index (χ2n) is 3.30. The van der Waals surface area contributed by atoms with Gasteiger partial charge in [-0.15, -0.1) is 0 Å². The Kier molecular flexibility index (Phi) is 4.68. The Hall–Kier alpha value is -1.66. The van der Waals surface area contributed by atoms with Crippen molar-refractivity contribution >= 4 is 0 Å². The number of nitrogens with zero attached hydrogens (tertiary/aromatic N) is 2. The summed E-state index contributed by atoms with van der Waals surface area (Å²) in [6.07, 6.45) is 3.24. The number of aliphatic hydroxyl groups excluding tert-OH is 2. The zero-order valence-electron chi connectivity index (χ0n) is 9.36. The molecule has 0 aliphatic heterocycles. The maximum atomic E-state index is 8.48. The summed E-state index contributed by atoms with van der Waals surface area (Å²) >= 11 is 0. The van der Waals surface area contributed by atoms with Crippen molar-refractivity contribution in [1.29, 1.82) is 0 Å². The highest BCUT2D eigenvalue weighted by Crippen LogP contribution is 1.93. The third kappa shape index (κ3) is 3.84. The van der Waals surface area contributed by atoms with Crippen LogP contribution >= 0.6 is 0 Å². The molecule has 2 rings (SSSR count). The average Bonchev–Trinajstić information content (AvgIpc) is 2.88. The number of aromatic amines is 2. The van der Waals surface area contributed by atoms with Crippen molar-refractivity contribution < 1.29 is 10.2 Å². The van der Waals surface area contributed by atoms with Crippen molar-refractivity contribution in [3.63, 3.8) is 0 Å². The lowest BCUT2D eigenvalue weighted by Crippen LogP contribution is -1.80. The smallest absolute Gasteiger partial charge is 0.103 e. The maximum absolute atomic E-state index is 8.48. The summed E-state index contributed by atoms with van der Waals surface area (Å²) in [4.78, 5) is 13.5. The van der Waals surface area contributed by atoms with Crippen LogP contribution in [-0.4, -0.2) is 30.1 Å². The highest BCUT2D eigenvalue weighted by Gasteiger charge is 1.90. The normalized spacial score (nSPS) is 9.75. The number of nitrogens with one attached hydrogen (secondary N) is 2. The molecule has 0 aromatic carbocycles. The monoisotopic (exact) mass is 224 g/mol. The van der Waals surface area contributed by atoms with Crippen molar-refractivity contribution in [2.75, 3.05) is 0 Å². The first-order chi connectivity index (χ1) is 7.65.